The molecule has 0 fully saturated rings. The molecule has 0 saturated heterocycles. The maximum Gasteiger partial charge on any atom is 0.416 e. The molecule has 8 heteroatoms. The summed E-state index contributed by atoms with van der Waals surface area (Å²) in [6, 6.07) is 9.50. The molecule has 1 atom stereocenters. The van der Waals surface area contributed by atoms with Crippen LogP contribution in [0.2, 0.25) is 0 Å². The number of amides is 2. The van der Waals surface area contributed by atoms with Gasteiger partial charge in [0.15, 0.2) is 0 Å². The molecule has 2 N–H and O–H groups in total. The Labute approximate surface area is 148 Å². The Hall–Kier alpha value is -2.61. The third kappa shape index (κ3) is 4.72. The van der Waals surface area contributed by atoms with Crippen molar-refractivity contribution in [3.63, 3.8) is 0 Å². The van der Waals surface area contributed by atoms with Crippen LogP contribution in [0.15, 0.2) is 48.5 Å². The molecule has 2 rings (SSSR count). The maximum atomic E-state index is 14.0. The molecule has 2 amide bonds. The van der Waals surface area contributed by atoms with Crippen molar-refractivity contribution in [3.8, 4) is 0 Å². The van der Waals surface area contributed by atoms with Crippen LogP contribution in [0.5, 0.6) is 0 Å². The Balaban J connectivity index is 2.05. The molecule has 0 aliphatic rings. The normalized spacial score (nSPS) is 13.8. The minimum Gasteiger partial charge on any atom is -0.372 e. The van der Waals surface area contributed by atoms with Crippen molar-refractivity contribution in [2.75, 3.05) is 19.0 Å². The smallest absolute Gasteiger partial charge is 0.372 e. The highest BCUT2D eigenvalue weighted by atomic mass is 19.4. The summed E-state index contributed by atoms with van der Waals surface area (Å²) >= 11 is 0. The fourth-order valence-corrected chi connectivity index (χ4v) is 2.36. The molecule has 4 nitrogen and oxygen atoms in total. The Kier molecular flexibility index (Phi) is 5.86. The summed E-state index contributed by atoms with van der Waals surface area (Å²) in [4.78, 5) is 12.0. The highest BCUT2D eigenvalue weighted by Crippen LogP contribution is 2.30. The molecule has 140 valence electrons. The van der Waals surface area contributed by atoms with Gasteiger partial charge in [0, 0.05) is 18.4 Å². The molecule has 0 aliphatic heterocycles. The third-order valence-corrected chi connectivity index (χ3v) is 3.93. The lowest BCUT2D eigenvalue weighted by Crippen LogP contribution is -2.42. The molecule has 0 radical (unpaired) electrons. The molecule has 0 aliphatic carbocycles. The SMILES string of the molecule is COC(C)(CNC(=O)Nc1cccc(C(F)(F)F)c1)c1ccccc1F. The lowest BCUT2D eigenvalue weighted by Gasteiger charge is -2.29. The maximum absolute atomic E-state index is 14.0. The lowest BCUT2D eigenvalue weighted by atomic mass is 9.95. The van der Waals surface area contributed by atoms with E-state index in [4.69, 9.17) is 4.74 Å². The first-order valence-electron chi connectivity index (χ1n) is 7.68. The van der Waals surface area contributed by atoms with Gasteiger partial charge in [-0.2, -0.15) is 13.2 Å². The van der Waals surface area contributed by atoms with E-state index in [1.165, 1.54) is 37.4 Å². The molecule has 0 bridgehead atoms. The summed E-state index contributed by atoms with van der Waals surface area (Å²) in [6.45, 7) is 1.51. The van der Waals surface area contributed by atoms with Crippen LogP contribution in [0.25, 0.3) is 0 Å². The second kappa shape index (κ2) is 7.74. The van der Waals surface area contributed by atoms with E-state index in [1.807, 2.05) is 0 Å². The third-order valence-electron chi connectivity index (χ3n) is 3.93. The molecule has 0 spiro atoms. The fraction of sp³-hybridized carbons (Fsp3) is 0.278. The molecule has 0 saturated carbocycles. The van der Waals surface area contributed by atoms with E-state index >= 15 is 0 Å². The number of carbonyl (C=O) groups excluding carboxylic acids is 1. The predicted octanol–water partition coefficient (Wildman–Crippen LogP) is 4.53. The van der Waals surface area contributed by atoms with Crippen LogP contribution in [0.4, 0.5) is 28.0 Å². The van der Waals surface area contributed by atoms with Gasteiger partial charge in [-0.25, -0.2) is 9.18 Å². The highest BCUT2D eigenvalue weighted by molar-refractivity contribution is 5.89. The summed E-state index contributed by atoms with van der Waals surface area (Å²) in [7, 11) is 1.37. The number of alkyl halides is 3. The summed E-state index contributed by atoms with van der Waals surface area (Å²) in [5.41, 5.74) is -1.77. The van der Waals surface area contributed by atoms with Crippen molar-refractivity contribution >= 4 is 11.7 Å². The first-order valence-corrected chi connectivity index (χ1v) is 7.68. The monoisotopic (exact) mass is 370 g/mol. The zero-order valence-corrected chi connectivity index (χ0v) is 14.2. The minimum absolute atomic E-state index is 0.0117. The largest absolute Gasteiger partial charge is 0.416 e. The van der Waals surface area contributed by atoms with Gasteiger partial charge >= 0.3 is 12.2 Å². The number of urea groups is 1. The number of rotatable bonds is 5. The number of hydrogen-bond acceptors (Lipinski definition) is 2. The fourth-order valence-electron chi connectivity index (χ4n) is 2.36. The number of carbonyl (C=O) groups is 1. The summed E-state index contributed by atoms with van der Waals surface area (Å²) in [5.74, 6) is -0.489. The first kappa shape index (κ1) is 19.7. The Morgan fingerprint density at radius 3 is 2.42 bits per heavy atom. The molecular weight excluding hydrogens is 352 g/mol. The van der Waals surface area contributed by atoms with E-state index in [0.717, 1.165) is 12.1 Å². The van der Waals surface area contributed by atoms with Crippen molar-refractivity contribution in [2.45, 2.75) is 18.7 Å². The number of benzene rings is 2. The molecule has 0 aromatic heterocycles. The zero-order valence-electron chi connectivity index (χ0n) is 14.2. The van der Waals surface area contributed by atoms with Gasteiger partial charge in [-0.15, -0.1) is 0 Å². The Morgan fingerprint density at radius 2 is 1.81 bits per heavy atom. The Bertz CT molecular complexity index is 780. The summed E-state index contributed by atoms with van der Waals surface area (Å²) < 4.78 is 57.4. The number of ether oxygens (including phenoxy) is 1. The number of methoxy groups -OCH3 is 1. The van der Waals surface area contributed by atoms with Crippen LogP contribution in [-0.4, -0.2) is 19.7 Å². The average molecular weight is 370 g/mol. The average Bonchev–Trinajstić information content (AvgIpc) is 2.59. The minimum atomic E-state index is -4.51. The van der Waals surface area contributed by atoms with Gasteiger partial charge in [-0.05, 0) is 31.2 Å². The van der Waals surface area contributed by atoms with Crippen LogP contribution >= 0.6 is 0 Å². The van der Waals surface area contributed by atoms with E-state index in [-0.39, 0.29) is 17.8 Å². The van der Waals surface area contributed by atoms with Crippen molar-refractivity contribution in [2.24, 2.45) is 0 Å². The lowest BCUT2D eigenvalue weighted by molar-refractivity contribution is -0.137. The van der Waals surface area contributed by atoms with E-state index in [2.05, 4.69) is 10.6 Å². The van der Waals surface area contributed by atoms with Gasteiger partial charge in [0.2, 0.25) is 0 Å². The van der Waals surface area contributed by atoms with Crippen molar-refractivity contribution in [3.05, 3.63) is 65.5 Å². The standard InChI is InChI=1S/C18H18F4N2O2/c1-17(26-2,14-8-3-4-9-15(14)19)11-23-16(25)24-13-7-5-6-12(10-13)18(20,21)22/h3-10H,11H2,1-2H3,(H2,23,24,25). The number of nitrogens with one attached hydrogen (secondary N) is 2. The zero-order chi connectivity index (χ0) is 19.4. The van der Waals surface area contributed by atoms with Crippen LogP contribution in [0.1, 0.15) is 18.1 Å². The van der Waals surface area contributed by atoms with Gasteiger partial charge in [0.1, 0.15) is 11.4 Å². The molecule has 2 aromatic rings. The van der Waals surface area contributed by atoms with Crippen molar-refractivity contribution < 1.29 is 27.1 Å². The second-order valence-electron chi connectivity index (χ2n) is 5.80. The van der Waals surface area contributed by atoms with Gasteiger partial charge in [-0.1, -0.05) is 24.3 Å². The van der Waals surface area contributed by atoms with E-state index < -0.39 is 29.2 Å². The number of halogens is 4. The number of anilines is 1. The Morgan fingerprint density at radius 1 is 1.12 bits per heavy atom. The van der Waals surface area contributed by atoms with Crippen molar-refractivity contribution in [1.82, 2.24) is 5.32 Å². The van der Waals surface area contributed by atoms with Crippen LogP contribution < -0.4 is 10.6 Å². The quantitative estimate of drug-likeness (QED) is 0.760. The first-order chi connectivity index (χ1) is 12.2. The highest BCUT2D eigenvalue weighted by Gasteiger charge is 2.31. The molecule has 0 heterocycles. The topological polar surface area (TPSA) is 50.4 Å². The van der Waals surface area contributed by atoms with Crippen LogP contribution in [-0.2, 0) is 16.5 Å². The van der Waals surface area contributed by atoms with Gasteiger partial charge in [0.05, 0.1) is 12.1 Å². The predicted molar refractivity (Wildman–Crippen MR) is 89.2 cm³/mol. The van der Waals surface area contributed by atoms with Crippen LogP contribution in [0.3, 0.4) is 0 Å². The molecule has 1 unspecified atom stereocenters. The van der Waals surface area contributed by atoms with Crippen molar-refractivity contribution in [1.29, 1.82) is 0 Å². The second-order valence-corrected chi connectivity index (χ2v) is 5.80. The summed E-state index contributed by atoms with van der Waals surface area (Å²) in [5, 5.41) is 4.80. The van der Waals surface area contributed by atoms with E-state index in [1.54, 1.807) is 13.0 Å². The van der Waals surface area contributed by atoms with Crippen LogP contribution in [0, 0.1) is 5.82 Å². The molecular formula is C18H18F4N2O2. The van der Waals surface area contributed by atoms with Gasteiger partial charge < -0.3 is 15.4 Å². The van der Waals surface area contributed by atoms with E-state index in [0.29, 0.717) is 0 Å². The van der Waals surface area contributed by atoms with Gasteiger partial charge in [0.25, 0.3) is 0 Å². The number of hydrogen-bond donors (Lipinski definition) is 2. The summed E-state index contributed by atoms with van der Waals surface area (Å²) in [6.07, 6.45) is -4.51. The molecule has 2 aromatic carbocycles. The molecule has 26 heavy (non-hydrogen) atoms. The van der Waals surface area contributed by atoms with E-state index in [9.17, 15) is 22.4 Å². The van der Waals surface area contributed by atoms with Gasteiger partial charge in [-0.3, -0.25) is 0 Å².